The first-order valence-electron chi connectivity index (χ1n) is 3.84. The fourth-order valence-electron chi connectivity index (χ4n) is 1.05. The van der Waals surface area contributed by atoms with E-state index in [-0.39, 0.29) is 0 Å². The predicted octanol–water partition coefficient (Wildman–Crippen LogP) is 1.41. The number of nitrogens with zero attached hydrogens (tertiary/aromatic N) is 2. The van der Waals surface area contributed by atoms with Crippen molar-refractivity contribution in [1.29, 1.82) is 0 Å². The van der Waals surface area contributed by atoms with Crippen LogP contribution in [0.5, 0.6) is 0 Å². The second-order valence-electron chi connectivity index (χ2n) is 2.63. The monoisotopic (exact) mass is 196 g/mol. The molecule has 2 heterocycles. The zero-order valence-electron chi connectivity index (χ0n) is 6.75. The standard InChI is InChI=1S/C8H8N2O2S/c11-7(8-2-1-3-12-8)4-6-5-9-13-10-6/h1-3,5,7,11H,4H2. The van der Waals surface area contributed by atoms with Crippen molar-refractivity contribution in [2.45, 2.75) is 12.5 Å². The topological polar surface area (TPSA) is 59.2 Å². The smallest absolute Gasteiger partial charge is 0.132 e. The van der Waals surface area contributed by atoms with E-state index in [9.17, 15) is 5.11 Å². The molecule has 13 heavy (non-hydrogen) atoms. The molecule has 0 saturated carbocycles. The van der Waals surface area contributed by atoms with Crippen LogP contribution in [-0.4, -0.2) is 13.9 Å². The van der Waals surface area contributed by atoms with E-state index < -0.39 is 6.10 Å². The summed E-state index contributed by atoms with van der Waals surface area (Å²) in [6.07, 6.45) is 3.01. The third-order valence-corrected chi connectivity index (χ3v) is 2.20. The van der Waals surface area contributed by atoms with E-state index in [2.05, 4.69) is 8.75 Å². The maximum Gasteiger partial charge on any atom is 0.132 e. The quantitative estimate of drug-likeness (QED) is 0.806. The molecule has 2 aromatic rings. The van der Waals surface area contributed by atoms with Gasteiger partial charge in [0, 0.05) is 6.42 Å². The Bertz CT molecular complexity index is 344. The molecule has 0 fully saturated rings. The minimum absolute atomic E-state index is 0.448. The van der Waals surface area contributed by atoms with Gasteiger partial charge < -0.3 is 9.52 Å². The summed E-state index contributed by atoms with van der Waals surface area (Å²) < 4.78 is 12.9. The van der Waals surface area contributed by atoms with Crippen LogP contribution in [0.15, 0.2) is 29.0 Å². The van der Waals surface area contributed by atoms with E-state index in [4.69, 9.17) is 4.42 Å². The Labute approximate surface area is 79.2 Å². The molecule has 68 valence electrons. The Morgan fingerprint density at radius 3 is 3.15 bits per heavy atom. The largest absolute Gasteiger partial charge is 0.467 e. The predicted molar refractivity (Wildman–Crippen MR) is 47.3 cm³/mol. The summed E-state index contributed by atoms with van der Waals surface area (Å²) in [5.74, 6) is 0.563. The molecule has 0 amide bonds. The van der Waals surface area contributed by atoms with Crippen LogP contribution >= 0.6 is 11.7 Å². The Morgan fingerprint density at radius 1 is 1.62 bits per heavy atom. The molecule has 5 heteroatoms. The molecule has 1 N–H and O–H groups in total. The maximum atomic E-state index is 9.62. The van der Waals surface area contributed by atoms with Crippen LogP contribution in [0.1, 0.15) is 17.6 Å². The van der Waals surface area contributed by atoms with Crippen molar-refractivity contribution in [1.82, 2.24) is 8.75 Å². The molecule has 1 atom stereocenters. The van der Waals surface area contributed by atoms with Crippen molar-refractivity contribution in [2.24, 2.45) is 0 Å². The van der Waals surface area contributed by atoms with Crippen LogP contribution in [0.2, 0.25) is 0 Å². The molecule has 0 saturated heterocycles. The van der Waals surface area contributed by atoms with Crippen molar-refractivity contribution in [2.75, 3.05) is 0 Å². The summed E-state index contributed by atoms with van der Waals surface area (Å²) >= 11 is 1.14. The van der Waals surface area contributed by atoms with Crippen molar-refractivity contribution in [3.8, 4) is 0 Å². The van der Waals surface area contributed by atoms with Crippen LogP contribution < -0.4 is 0 Å². The zero-order chi connectivity index (χ0) is 9.10. The van der Waals surface area contributed by atoms with Gasteiger partial charge in [0.25, 0.3) is 0 Å². The molecule has 4 nitrogen and oxygen atoms in total. The maximum absolute atomic E-state index is 9.62. The number of aliphatic hydroxyl groups is 1. The lowest BCUT2D eigenvalue weighted by Gasteiger charge is -2.03. The molecular weight excluding hydrogens is 188 g/mol. The molecule has 0 aliphatic rings. The van der Waals surface area contributed by atoms with Gasteiger partial charge in [-0.05, 0) is 12.1 Å². The lowest BCUT2D eigenvalue weighted by molar-refractivity contribution is 0.149. The third kappa shape index (κ3) is 1.93. The third-order valence-electron chi connectivity index (χ3n) is 1.68. The van der Waals surface area contributed by atoms with Gasteiger partial charge in [-0.15, -0.1) is 0 Å². The van der Waals surface area contributed by atoms with Gasteiger partial charge in [0.1, 0.15) is 11.9 Å². The van der Waals surface area contributed by atoms with E-state index in [1.165, 1.54) is 6.26 Å². The Balaban J connectivity index is 2.04. The van der Waals surface area contributed by atoms with Gasteiger partial charge in [-0.3, -0.25) is 0 Å². The van der Waals surface area contributed by atoms with E-state index in [1.807, 2.05) is 0 Å². The van der Waals surface area contributed by atoms with Gasteiger partial charge in [-0.2, -0.15) is 8.75 Å². The van der Waals surface area contributed by atoms with E-state index in [1.54, 1.807) is 18.3 Å². The van der Waals surface area contributed by atoms with Gasteiger partial charge in [-0.25, -0.2) is 0 Å². The summed E-state index contributed by atoms with van der Waals surface area (Å²) in [6, 6.07) is 3.49. The number of aliphatic hydroxyl groups excluding tert-OH is 1. The Kier molecular flexibility index (Phi) is 2.37. The molecule has 2 rings (SSSR count). The number of hydrogen-bond acceptors (Lipinski definition) is 5. The first-order chi connectivity index (χ1) is 6.36. The first kappa shape index (κ1) is 8.40. The number of rotatable bonds is 3. The van der Waals surface area contributed by atoms with Crippen LogP contribution in [0.3, 0.4) is 0 Å². The van der Waals surface area contributed by atoms with Gasteiger partial charge in [0.05, 0.1) is 29.9 Å². The molecule has 0 radical (unpaired) electrons. The molecule has 1 unspecified atom stereocenters. The number of aromatic nitrogens is 2. The second kappa shape index (κ2) is 3.68. The fourth-order valence-corrected chi connectivity index (χ4v) is 1.50. The summed E-state index contributed by atoms with van der Waals surface area (Å²) in [5, 5.41) is 9.62. The van der Waals surface area contributed by atoms with Gasteiger partial charge in [-0.1, -0.05) is 0 Å². The highest BCUT2D eigenvalue weighted by Gasteiger charge is 2.12. The molecule has 0 spiro atoms. The molecule has 2 aromatic heterocycles. The average molecular weight is 196 g/mol. The highest BCUT2D eigenvalue weighted by Crippen LogP contribution is 2.17. The molecule has 0 aromatic carbocycles. The summed E-state index contributed by atoms with van der Waals surface area (Å²) in [6.45, 7) is 0. The summed E-state index contributed by atoms with van der Waals surface area (Å²) in [4.78, 5) is 0. The van der Waals surface area contributed by atoms with Crippen molar-refractivity contribution in [3.63, 3.8) is 0 Å². The van der Waals surface area contributed by atoms with Gasteiger partial charge >= 0.3 is 0 Å². The minimum atomic E-state index is -0.626. The normalized spacial score (nSPS) is 13.0. The Morgan fingerprint density at radius 2 is 2.54 bits per heavy atom. The van der Waals surface area contributed by atoms with Gasteiger partial charge in [0.2, 0.25) is 0 Å². The summed E-state index contributed by atoms with van der Waals surface area (Å²) in [5.41, 5.74) is 0.786. The molecular formula is C8H8N2O2S. The van der Waals surface area contributed by atoms with Crippen LogP contribution in [0.4, 0.5) is 0 Å². The zero-order valence-corrected chi connectivity index (χ0v) is 7.57. The number of hydrogen-bond donors (Lipinski definition) is 1. The van der Waals surface area contributed by atoms with Crippen LogP contribution in [0.25, 0.3) is 0 Å². The van der Waals surface area contributed by atoms with Crippen molar-refractivity contribution >= 4 is 11.7 Å². The minimum Gasteiger partial charge on any atom is -0.467 e. The van der Waals surface area contributed by atoms with Crippen molar-refractivity contribution in [3.05, 3.63) is 36.0 Å². The SMILES string of the molecule is OC(Cc1cnsn1)c1ccco1. The molecule has 0 aliphatic heterocycles. The fraction of sp³-hybridized carbons (Fsp3) is 0.250. The molecule has 0 aliphatic carbocycles. The Hall–Kier alpha value is -1.20. The highest BCUT2D eigenvalue weighted by molar-refractivity contribution is 6.99. The lowest BCUT2D eigenvalue weighted by Crippen LogP contribution is -2.00. The lowest BCUT2D eigenvalue weighted by atomic mass is 10.2. The van der Waals surface area contributed by atoms with E-state index in [0.29, 0.717) is 12.2 Å². The number of furan rings is 1. The van der Waals surface area contributed by atoms with Crippen molar-refractivity contribution < 1.29 is 9.52 Å². The second-order valence-corrected chi connectivity index (χ2v) is 3.19. The van der Waals surface area contributed by atoms with Crippen LogP contribution in [-0.2, 0) is 6.42 Å². The van der Waals surface area contributed by atoms with Crippen LogP contribution in [0, 0.1) is 0 Å². The highest BCUT2D eigenvalue weighted by atomic mass is 32.1. The summed E-state index contributed by atoms with van der Waals surface area (Å²) in [7, 11) is 0. The van der Waals surface area contributed by atoms with E-state index in [0.717, 1.165) is 17.4 Å². The first-order valence-corrected chi connectivity index (χ1v) is 4.57. The van der Waals surface area contributed by atoms with E-state index >= 15 is 0 Å². The average Bonchev–Trinajstić information content (AvgIpc) is 2.74. The van der Waals surface area contributed by atoms with Gasteiger partial charge in [0.15, 0.2) is 0 Å². The molecule has 0 bridgehead atoms.